The predicted octanol–water partition coefficient (Wildman–Crippen LogP) is 4.07. The summed E-state index contributed by atoms with van der Waals surface area (Å²) in [6.45, 7) is 0.391. The number of fused-ring (bicyclic) bond motifs is 1. The van der Waals surface area contributed by atoms with Crippen molar-refractivity contribution < 1.29 is 14.5 Å². The number of nitro benzene ring substituents is 1. The summed E-state index contributed by atoms with van der Waals surface area (Å²) in [7, 11) is 4.91. The van der Waals surface area contributed by atoms with Crippen molar-refractivity contribution >= 4 is 28.1 Å². The molecule has 0 spiro atoms. The van der Waals surface area contributed by atoms with Gasteiger partial charge in [0.2, 0.25) is 0 Å². The quantitative estimate of drug-likeness (QED) is 0.515. The second-order valence-electron chi connectivity index (χ2n) is 6.45. The minimum absolute atomic E-state index is 0.124. The SMILES string of the molecule is CNc1ccc(C(=O)N(C)Cc2ccc3cc(OC)ccc3c2)cc1[N+](=O)[O-]. The Morgan fingerprint density at radius 1 is 1.11 bits per heavy atom. The maximum atomic E-state index is 12.7. The van der Waals surface area contributed by atoms with Crippen LogP contribution >= 0.6 is 0 Å². The van der Waals surface area contributed by atoms with Crippen LogP contribution in [-0.4, -0.2) is 36.9 Å². The van der Waals surface area contributed by atoms with Gasteiger partial charge >= 0.3 is 0 Å². The number of rotatable bonds is 6. The van der Waals surface area contributed by atoms with Gasteiger partial charge in [0, 0.05) is 32.3 Å². The molecule has 1 amide bonds. The average Bonchev–Trinajstić information content (AvgIpc) is 2.72. The number of nitrogens with one attached hydrogen (secondary N) is 1. The van der Waals surface area contributed by atoms with Gasteiger partial charge in [-0.25, -0.2) is 0 Å². The Hall–Kier alpha value is -3.61. The molecule has 0 saturated heterocycles. The summed E-state index contributed by atoms with van der Waals surface area (Å²) in [5, 5.41) is 16.1. The van der Waals surface area contributed by atoms with Crippen LogP contribution < -0.4 is 10.1 Å². The van der Waals surface area contributed by atoms with Crippen LogP contribution in [0.4, 0.5) is 11.4 Å². The van der Waals surface area contributed by atoms with Crippen LogP contribution in [0.1, 0.15) is 15.9 Å². The van der Waals surface area contributed by atoms with Gasteiger partial charge in [-0.05, 0) is 46.7 Å². The van der Waals surface area contributed by atoms with Gasteiger partial charge in [-0.1, -0.05) is 18.2 Å². The Balaban J connectivity index is 1.81. The van der Waals surface area contributed by atoms with Crippen LogP contribution in [0.15, 0.2) is 54.6 Å². The first-order valence-electron chi connectivity index (χ1n) is 8.71. The smallest absolute Gasteiger partial charge is 0.293 e. The lowest BCUT2D eigenvalue weighted by Gasteiger charge is -2.18. The van der Waals surface area contributed by atoms with Gasteiger partial charge in [-0.2, -0.15) is 0 Å². The predicted molar refractivity (Wildman–Crippen MR) is 109 cm³/mol. The van der Waals surface area contributed by atoms with E-state index in [1.54, 1.807) is 38.2 Å². The molecule has 0 atom stereocenters. The molecule has 3 aromatic carbocycles. The standard InChI is InChI=1S/C21H21N3O4/c1-22-19-9-7-17(12-20(19)24(26)27)21(25)23(2)13-14-4-5-16-11-18(28-3)8-6-15(16)10-14/h4-12,22H,13H2,1-3H3. The highest BCUT2D eigenvalue weighted by Gasteiger charge is 2.19. The van der Waals surface area contributed by atoms with Gasteiger partial charge in [0.05, 0.1) is 12.0 Å². The highest BCUT2D eigenvalue weighted by molar-refractivity contribution is 5.95. The molecule has 28 heavy (non-hydrogen) atoms. The van der Waals surface area contributed by atoms with Crippen molar-refractivity contribution in [2.45, 2.75) is 6.54 Å². The Kier molecular flexibility index (Phi) is 5.44. The topological polar surface area (TPSA) is 84.7 Å². The minimum atomic E-state index is -0.500. The molecule has 7 nitrogen and oxygen atoms in total. The van der Waals surface area contributed by atoms with Crippen LogP contribution in [0.25, 0.3) is 10.8 Å². The summed E-state index contributed by atoms with van der Waals surface area (Å²) < 4.78 is 5.24. The first-order chi connectivity index (χ1) is 13.4. The lowest BCUT2D eigenvalue weighted by atomic mass is 10.1. The Labute approximate surface area is 162 Å². The molecule has 144 valence electrons. The molecular weight excluding hydrogens is 358 g/mol. The fourth-order valence-corrected chi connectivity index (χ4v) is 3.09. The van der Waals surface area contributed by atoms with Gasteiger partial charge < -0.3 is 15.0 Å². The number of carbonyl (C=O) groups is 1. The van der Waals surface area contributed by atoms with E-state index in [0.29, 0.717) is 12.2 Å². The van der Waals surface area contributed by atoms with Crippen molar-refractivity contribution in [3.05, 3.63) is 75.8 Å². The fraction of sp³-hybridized carbons (Fsp3) is 0.190. The normalized spacial score (nSPS) is 10.5. The largest absolute Gasteiger partial charge is 0.497 e. The molecule has 0 bridgehead atoms. The van der Waals surface area contributed by atoms with Gasteiger partial charge in [0.15, 0.2) is 0 Å². The maximum absolute atomic E-state index is 12.7. The van der Waals surface area contributed by atoms with Gasteiger partial charge in [0.1, 0.15) is 11.4 Å². The fourth-order valence-electron chi connectivity index (χ4n) is 3.09. The molecule has 0 unspecified atom stereocenters. The van der Waals surface area contributed by atoms with Crippen molar-refractivity contribution in [3.63, 3.8) is 0 Å². The van der Waals surface area contributed by atoms with E-state index < -0.39 is 4.92 Å². The van der Waals surface area contributed by atoms with Crippen LogP contribution in [0.5, 0.6) is 5.75 Å². The van der Waals surface area contributed by atoms with Crippen LogP contribution in [-0.2, 0) is 6.54 Å². The molecule has 7 heteroatoms. The second-order valence-corrected chi connectivity index (χ2v) is 6.45. The molecule has 3 rings (SSSR count). The molecule has 0 radical (unpaired) electrons. The molecule has 0 aliphatic rings. The van der Waals surface area contributed by atoms with E-state index >= 15 is 0 Å². The molecule has 1 N–H and O–H groups in total. The van der Waals surface area contributed by atoms with Crippen LogP contribution in [0, 0.1) is 10.1 Å². The van der Waals surface area contributed by atoms with E-state index in [4.69, 9.17) is 4.74 Å². The zero-order valence-electron chi connectivity index (χ0n) is 15.9. The zero-order chi connectivity index (χ0) is 20.3. The van der Waals surface area contributed by atoms with Gasteiger partial charge in [0.25, 0.3) is 11.6 Å². The molecule has 0 aromatic heterocycles. The summed E-state index contributed by atoms with van der Waals surface area (Å²) in [5.41, 5.74) is 1.49. The van der Waals surface area contributed by atoms with Crippen molar-refractivity contribution in [2.24, 2.45) is 0 Å². The van der Waals surface area contributed by atoms with Crippen LogP contribution in [0.3, 0.4) is 0 Å². The Morgan fingerprint density at radius 3 is 2.50 bits per heavy atom. The van der Waals surface area contributed by atoms with E-state index in [2.05, 4.69) is 5.32 Å². The molecule has 0 aliphatic carbocycles. The number of anilines is 1. The number of hydrogen-bond donors (Lipinski definition) is 1. The second kappa shape index (κ2) is 7.96. The highest BCUT2D eigenvalue weighted by atomic mass is 16.6. The summed E-state index contributed by atoms with van der Waals surface area (Å²) in [6.07, 6.45) is 0. The highest BCUT2D eigenvalue weighted by Crippen LogP contribution is 2.26. The van der Waals surface area contributed by atoms with E-state index in [0.717, 1.165) is 22.1 Å². The first-order valence-corrected chi connectivity index (χ1v) is 8.71. The van der Waals surface area contributed by atoms with E-state index in [-0.39, 0.29) is 17.2 Å². The summed E-state index contributed by atoms with van der Waals surface area (Å²) >= 11 is 0. The number of methoxy groups -OCH3 is 1. The molecule has 0 fully saturated rings. The molecule has 0 aliphatic heterocycles. The number of nitro groups is 1. The lowest BCUT2D eigenvalue weighted by molar-refractivity contribution is -0.384. The number of carbonyl (C=O) groups excluding carboxylic acids is 1. The maximum Gasteiger partial charge on any atom is 0.293 e. The third kappa shape index (κ3) is 3.88. The third-order valence-corrected chi connectivity index (χ3v) is 4.59. The van der Waals surface area contributed by atoms with Gasteiger partial charge in [-0.3, -0.25) is 14.9 Å². The number of benzene rings is 3. The van der Waals surface area contributed by atoms with E-state index in [9.17, 15) is 14.9 Å². The molecule has 3 aromatic rings. The zero-order valence-corrected chi connectivity index (χ0v) is 15.9. The first kappa shape index (κ1) is 19.2. The number of amides is 1. The molecule has 0 saturated carbocycles. The third-order valence-electron chi connectivity index (χ3n) is 4.59. The number of ether oxygens (including phenoxy) is 1. The van der Waals surface area contributed by atoms with Crippen molar-refractivity contribution in [3.8, 4) is 5.75 Å². The van der Waals surface area contributed by atoms with Crippen LogP contribution in [0.2, 0.25) is 0 Å². The Morgan fingerprint density at radius 2 is 1.82 bits per heavy atom. The van der Waals surface area contributed by atoms with E-state index in [1.807, 2.05) is 36.4 Å². The summed E-state index contributed by atoms with van der Waals surface area (Å²) in [6, 6.07) is 16.2. The Bertz CT molecular complexity index is 1050. The summed E-state index contributed by atoms with van der Waals surface area (Å²) in [4.78, 5) is 25.0. The lowest BCUT2D eigenvalue weighted by Crippen LogP contribution is -2.26. The number of hydrogen-bond acceptors (Lipinski definition) is 5. The average molecular weight is 379 g/mol. The van der Waals surface area contributed by atoms with Gasteiger partial charge in [-0.15, -0.1) is 0 Å². The van der Waals surface area contributed by atoms with Crippen molar-refractivity contribution in [1.29, 1.82) is 0 Å². The van der Waals surface area contributed by atoms with Crippen molar-refractivity contribution in [1.82, 2.24) is 4.90 Å². The summed E-state index contributed by atoms with van der Waals surface area (Å²) in [5.74, 6) is 0.514. The monoisotopic (exact) mass is 379 g/mol. The van der Waals surface area contributed by atoms with Crippen molar-refractivity contribution in [2.75, 3.05) is 26.5 Å². The number of nitrogens with zero attached hydrogens (tertiary/aromatic N) is 2. The van der Waals surface area contributed by atoms with E-state index in [1.165, 1.54) is 6.07 Å². The molecule has 0 heterocycles. The molecular formula is C21H21N3O4. The minimum Gasteiger partial charge on any atom is -0.497 e.